The molecule has 0 rings (SSSR count). The highest BCUT2D eigenvalue weighted by molar-refractivity contribution is 5.71. The van der Waals surface area contributed by atoms with Gasteiger partial charge < -0.3 is 14.2 Å². The molecule has 6 nitrogen and oxygen atoms in total. The van der Waals surface area contributed by atoms with E-state index in [2.05, 4.69) is 118 Å². The third-order valence-corrected chi connectivity index (χ3v) is 13.3. The van der Waals surface area contributed by atoms with Crippen molar-refractivity contribution >= 4 is 17.9 Å². The lowest BCUT2D eigenvalue weighted by atomic mass is 10.0. The van der Waals surface area contributed by atoms with Crippen LogP contribution in [-0.4, -0.2) is 37.2 Å². The maximum Gasteiger partial charge on any atom is 0.306 e. The van der Waals surface area contributed by atoms with Crippen LogP contribution < -0.4 is 0 Å². The lowest BCUT2D eigenvalue weighted by Gasteiger charge is -2.18. The number of carbonyl (C=O) groups is 3. The molecule has 0 saturated carbocycles. The minimum atomic E-state index is -0.804. The number of hydrogen-bond acceptors (Lipinski definition) is 6. The van der Waals surface area contributed by atoms with E-state index in [1.54, 1.807) is 0 Å². The molecule has 0 spiro atoms. The molecule has 6 heteroatoms. The Kier molecular flexibility index (Phi) is 58.8. The average Bonchev–Trinajstić information content (AvgIpc) is 3.40. The van der Waals surface area contributed by atoms with Crippen LogP contribution in [0.4, 0.5) is 0 Å². The molecule has 424 valence electrons. The third-order valence-electron chi connectivity index (χ3n) is 13.3. The summed E-state index contributed by atoms with van der Waals surface area (Å²) in [5, 5.41) is 0. The molecule has 0 aromatic rings. The van der Waals surface area contributed by atoms with Crippen LogP contribution in [0.2, 0.25) is 0 Å². The van der Waals surface area contributed by atoms with E-state index in [0.29, 0.717) is 19.3 Å². The molecule has 0 bridgehead atoms. The number of rotatable bonds is 56. The fourth-order valence-corrected chi connectivity index (χ4v) is 8.65. The van der Waals surface area contributed by atoms with Gasteiger partial charge in [-0.15, -0.1) is 0 Å². The van der Waals surface area contributed by atoms with Crippen molar-refractivity contribution in [3.8, 4) is 0 Å². The first-order valence-corrected chi connectivity index (χ1v) is 31.2. The van der Waals surface area contributed by atoms with E-state index in [1.165, 1.54) is 148 Å². The minimum absolute atomic E-state index is 0.0983. The van der Waals surface area contributed by atoms with Gasteiger partial charge in [0.2, 0.25) is 0 Å². The van der Waals surface area contributed by atoms with Gasteiger partial charge >= 0.3 is 17.9 Å². The van der Waals surface area contributed by atoms with Crippen LogP contribution in [0.1, 0.15) is 297 Å². The fraction of sp³-hybridized carbons (Fsp3) is 0.721. The van der Waals surface area contributed by atoms with Gasteiger partial charge in [-0.05, 0) is 89.9 Å². The lowest BCUT2D eigenvalue weighted by Crippen LogP contribution is -2.30. The van der Waals surface area contributed by atoms with E-state index in [9.17, 15) is 14.4 Å². The monoisotopic (exact) mass is 1030 g/mol. The first-order chi connectivity index (χ1) is 36.5. The van der Waals surface area contributed by atoms with Gasteiger partial charge in [-0.3, -0.25) is 14.4 Å². The summed E-state index contributed by atoms with van der Waals surface area (Å²) in [6.45, 7) is 6.46. The van der Waals surface area contributed by atoms with Gasteiger partial charge in [-0.1, -0.05) is 285 Å². The van der Waals surface area contributed by atoms with Gasteiger partial charge in [0.25, 0.3) is 0 Å². The van der Waals surface area contributed by atoms with E-state index in [-0.39, 0.29) is 37.5 Å². The molecular formula is C68H116O6. The standard InChI is InChI=1S/C68H116O6/c1-4-7-10-13-16-19-22-24-26-28-30-32-34-36-37-39-41-43-46-49-52-55-58-61-67(70)73-64-65(63-72-66(69)60-57-54-51-48-45-21-18-15-12-9-6-3)74-68(71)62-59-56-53-50-47-44-42-40-38-35-33-31-29-27-25-23-20-17-14-11-8-5-2/h7,10,15-16,18-19,24,26,30,32,36-37,41,43,49,52,65H,4-6,8-9,11-14,17,20-23,25,27-29,31,33-35,38-40,42,44-48,50-51,53-64H2,1-3H3/b10-7-,18-15-,19-16-,26-24-,32-30-,37-36-,43-41-,52-49-. The van der Waals surface area contributed by atoms with Gasteiger partial charge in [0.1, 0.15) is 13.2 Å². The number of ether oxygens (including phenoxy) is 3. The summed E-state index contributed by atoms with van der Waals surface area (Å²) in [5.74, 6) is -0.960. The van der Waals surface area contributed by atoms with Crippen molar-refractivity contribution in [3.05, 3.63) is 97.2 Å². The van der Waals surface area contributed by atoms with Crippen LogP contribution in [0, 0.1) is 0 Å². The second-order valence-corrected chi connectivity index (χ2v) is 20.6. The van der Waals surface area contributed by atoms with Gasteiger partial charge in [0.05, 0.1) is 0 Å². The summed E-state index contributed by atoms with van der Waals surface area (Å²) in [7, 11) is 0. The van der Waals surface area contributed by atoms with Gasteiger partial charge in [0, 0.05) is 19.3 Å². The fourth-order valence-electron chi connectivity index (χ4n) is 8.65. The third kappa shape index (κ3) is 59.2. The Hall–Kier alpha value is -3.67. The summed E-state index contributed by atoms with van der Waals surface area (Å²) in [4.78, 5) is 38.2. The highest BCUT2D eigenvalue weighted by Gasteiger charge is 2.19. The molecule has 0 amide bonds. The molecule has 0 aromatic heterocycles. The maximum atomic E-state index is 12.9. The van der Waals surface area contributed by atoms with Crippen molar-refractivity contribution in [2.75, 3.05) is 13.2 Å². The largest absolute Gasteiger partial charge is 0.462 e. The quantitative estimate of drug-likeness (QED) is 0.0261. The van der Waals surface area contributed by atoms with Crippen molar-refractivity contribution in [3.63, 3.8) is 0 Å². The SMILES string of the molecule is CC/C=C\C/C=C\C/C=C\C/C=C\C/C=C\C/C=C\C/C=C\CCCC(=O)OCC(COC(=O)CCCCCCC/C=C\CCCC)OC(=O)CCCCCCCCCCCCCCCCCCCCCCCC. The van der Waals surface area contributed by atoms with Crippen molar-refractivity contribution in [2.45, 2.75) is 303 Å². The lowest BCUT2D eigenvalue weighted by molar-refractivity contribution is -0.167. The second kappa shape index (κ2) is 61.9. The molecule has 0 N–H and O–H groups in total. The molecule has 1 unspecified atom stereocenters. The number of unbranched alkanes of at least 4 members (excludes halogenated alkanes) is 29. The van der Waals surface area contributed by atoms with E-state index >= 15 is 0 Å². The van der Waals surface area contributed by atoms with E-state index in [1.807, 2.05) is 0 Å². The van der Waals surface area contributed by atoms with Crippen LogP contribution in [0.3, 0.4) is 0 Å². The summed E-state index contributed by atoms with van der Waals surface area (Å²) in [6.07, 6.45) is 82.8. The topological polar surface area (TPSA) is 78.9 Å². The van der Waals surface area contributed by atoms with Crippen molar-refractivity contribution in [2.24, 2.45) is 0 Å². The van der Waals surface area contributed by atoms with Crippen LogP contribution in [0.25, 0.3) is 0 Å². The zero-order chi connectivity index (χ0) is 53.6. The van der Waals surface area contributed by atoms with E-state index in [4.69, 9.17) is 14.2 Å². The summed E-state index contributed by atoms with van der Waals surface area (Å²) >= 11 is 0. The highest BCUT2D eigenvalue weighted by atomic mass is 16.6. The molecule has 0 heterocycles. The number of carbonyl (C=O) groups excluding carboxylic acids is 3. The Bertz CT molecular complexity index is 1460. The van der Waals surface area contributed by atoms with Crippen LogP contribution in [0.5, 0.6) is 0 Å². The highest BCUT2D eigenvalue weighted by Crippen LogP contribution is 2.17. The maximum absolute atomic E-state index is 12.9. The van der Waals surface area contributed by atoms with Crippen molar-refractivity contribution in [1.82, 2.24) is 0 Å². The Morgan fingerprint density at radius 2 is 0.554 bits per heavy atom. The number of esters is 3. The first kappa shape index (κ1) is 70.3. The predicted molar refractivity (Wildman–Crippen MR) is 320 cm³/mol. The van der Waals surface area contributed by atoms with Crippen LogP contribution in [0.15, 0.2) is 97.2 Å². The normalized spacial score (nSPS) is 12.7. The predicted octanol–water partition coefficient (Wildman–Crippen LogP) is 21.3. The van der Waals surface area contributed by atoms with Gasteiger partial charge in [-0.25, -0.2) is 0 Å². The summed E-state index contributed by atoms with van der Waals surface area (Å²) in [5.41, 5.74) is 0. The Morgan fingerprint density at radius 3 is 0.932 bits per heavy atom. The molecule has 74 heavy (non-hydrogen) atoms. The molecule has 1 atom stereocenters. The van der Waals surface area contributed by atoms with Gasteiger partial charge in [-0.2, -0.15) is 0 Å². The van der Waals surface area contributed by atoms with Crippen LogP contribution >= 0.6 is 0 Å². The summed E-state index contributed by atoms with van der Waals surface area (Å²) in [6, 6.07) is 0. The first-order valence-electron chi connectivity index (χ1n) is 31.2. The van der Waals surface area contributed by atoms with Crippen molar-refractivity contribution in [1.29, 1.82) is 0 Å². The molecule has 0 radical (unpaired) electrons. The summed E-state index contributed by atoms with van der Waals surface area (Å²) < 4.78 is 16.8. The van der Waals surface area contributed by atoms with Gasteiger partial charge in [0.15, 0.2) is 6.10 Å². The molecule has 0 aliphatic heterocycles. The van der Waals surface area contributed by atoms with Crippen LogP contribution in [-0.2, 0) is 28.6 Å². The average molecular weight is 1030 g/mol. The Morgan fingerprint density at radius 1 is 0.284 bits per heavy atom. The van der Waals surface area contributed by atoms with E-state index in [0.717, 1.165) is 103 Å². The Balaban J connectivity index is 4.38. The molecule has 0 aliphatic carbocycles. The molecular weight excluding hydrogens is 913 g/mol. The smallest absolute Gasteiger partial charge is 0.306 e. The molecule has 0 aliphatic rings. The zero-order valence-corrected chi connectivity index (χ0v) is 48.6. The second-order valence-electron chi connectivity index (χ2n) is 20.6. The number of hydrogen-bond donors (Lipinski definition) is 0. The van der Waals surface area contributed by atoms with E-state index < -0.39 is 6.10 Å². The minimum Gasteiger partial charge on any atom is -0.462 e. The Labute approximate surface area is 457 Å². The zero-order valence-electron chi connectivity index (χ0n) is 48.6. The molecule has 0 aromatic carbocycles. The molecule has 0 saturated heterocycles. The number of allylic oxidation sites excluding steroid dienone is 16. The van der Waals surface area contributed by atoms with Crippen molar-refractivity contribution < 1.29 is 28.6 Å². The molecule has 0 fully saturated rings.